The lowest BCUT2D eigenvalue weighted by Gasteiger charge is -2.07. The molecule has 0 bridgehead atoms. The predicted molar refractivity (Wildman–Crippen MR) is 76.2 cm³/mol. The van der Waals surface area contributed by atoms with Gasteiger partial charge in [0.15, 0.2) is 0 Å². The van der Waals surface area contributed by atoms with Crippen LogP contribution in [0, 0.1) is 0 Å². The molecule has 7 heteroatoms. The molecule has 98 valence electrons. The Bertz CT molecular complexity index is 650. The van der Waals surface area contributed by atoms with Gasteiger partial charge in [-0.25, -0.2) is 9.78 Å². The fourth-order valence-corrected chi connectivity index (χ4v) is 2.67. The fraction of sp³-hybridized carbons (Fsp3) is 0. The normalized spacial score (nSPS) is 10.4. The van der Waals surface area contributed by atoms with Gasteiger partial charge < -0.3 is 10.8 Å². The number of aromatic carboxylic acids is 1. The van der Waals surface area contributed by atoms with Crippen molar-refractivity contribution in [3.63, 3.8) is 0 Å². The summed E-state index contributed by atoms with van der Waals surface area (Å²) in [6, 6.07) is 6.39. The van der Waals surface area contributed by atoms with Crippen molar-refractivity contribution < 1.29 is 9.90 Å². The molecule has 1 aromatic heterocycles. The minimum atomic E-state index is -1.06. The van der Waals surface area contributed by atoms with Crippen LogP contribution in [0.5, 0.6) is 0 Å². The number of pyridine rings is 1. The fourth-order valence-electron chi connectivity index (χ4n) is 1.37. The van der Waals surface area contributed by atoms with E-state index in [0.717, 1.165) is 4.90 Å². The van der Waals surface area contributed by atoms with Crippen LogP contribution in [0.1, 0.15) is 10.4 Å². The standard InChI is InChI=1S/C12H8Cl2N2O2S/c13-8-2-1-6(3-9(8)14)19-10-5-16-11(15)4-7(10)12(17)18/h1-5H,(H2,15,16)(H,17,18). The number of carboxylic acids is 1. The Morgan fingerprint density at radius 1 is 1.26 bits per heavy atom. The molecular weight excluding hydrogens is 307 g/mol. The van der Waals surface area contributed by atoms with E-state index in [1.165, 1.54) is 24.0 Å². The van der Waals surface area contributed by atoms with Crippen molar-refractivity contribution in [1.29, 1.82) is 0 Å². The lowest BCUT2D eigenvalue weighted by atomic mass is 10.2. The lowest BCUT2D eigenvalue weighted by molar-refractivity contribution is 0.0693. The summed E-state index contributed by atoms with van der Waals surface area (Å²) in [4.78, 5) is 16.3. The molecule has 0 atom stereocenters. The Morgan fingerprint density at radius 2 is 2.00 bits per heavy atom. The first-order chi connectivity index (χ1) is 8.97. The van der Waals surface area contributed by atoms with E-state index in [1.807, 2.05) is 0 Å². The van der Waals surface area contributed by atoms with E-state index in [0.29, 0.717) is 14.9 Å². The highest BCUT2D eigenvalue weighted by atomic mass is 35.5. The Labute approximate surface area is 123 Å². The molecule has 0 unspecified atom stereocenters. The number of aromatic nitrogens is 1. The average Bonchev–Trinajstić information content (AvgIpc) is 2.36. The zero-order chi connectivity index (χ0) is 14.0. The van der Waals surface area contributed by atoms with Gasteiger partial charge in [-0.05, 0) is 24.3 Å². The molecule has 0 aliphatic rings. The van der Waals surface area contributed by atoms with E-state index < -0.39 is 5.97 Å². The molecule has 3 N–H and O–H groups in total. The largest absolute Gasteiger partial charge is 0.478 e. The molecule has 0 aliphatic carbocycles. The molecule has 2 rings (SSSR count). The van der Waals surface area contributed by atoms with Gasteiger partial charge in [0, 0.05) is 16.0 Å². The summed E-state index contributed by atoms with van der Waals surface area (Å²) in [5.74, 6) is -0.896. The number of halogens is 2. The SMILES string of the molecule is Nc1cc(C(=O)O)c(Sc2ccc(Cl)c(Cl)c2)cn1. The average molecular weight is 315 g/mol. The van der Waals surface area contributed by atoms with Gasteiger partial charge in [0.2, 0.25) is 0 Å². The maximum absolute atomic E-state index is 11.1. The number of anilines is 1. The molecule has 4 nitrogen and oxygen atoms in total. The van der Waals surface area contributed by atoms with E-state index in [-0.39, 0.29) is 11.4 Å². The second kappa shape index (κ2) is 5.69. The first kappa shape index (κ1) is 14.0. The maximum atomic E-state index is 11.1. The van der Waals surface area contributed by atoms with E-state index in [4.69, 9.17) is 34.0 Å². The van der Waals surface area contributed by atoms with Crippen molar-refractivity contribution in [2.24, 2.45) is 0 Å². The van der Waals surface area contributed by atoms with Gasteiger partial charge in [-0.1, -0.05) is 35.0 Å². The lowest BCUT2D eigenvalue weighted by Crippen LogP contribution is -2.02. The van der Waals surface area contributed by atoms with Crippen LogP contribution < -0.4 is 5.73 Å². The Balaban J connectivity index is 2.37. The van der Waals surface area contributed by atoms with Gasteiger partial charge in [0.25, 0.3) is 0 Å². The summed E-state index contributed by atoms with van der Waals surface area (Å²) in [5, 5.41) is 9.98. The molecule has 1 heterocycles. The second-order valence-corrected chi connectivity index (χ2v) is 5.52. The van der Waals surface area contributed by atoms with Gasteiger partial charge in [0.05, 0.1) is 15.6 Å². The zero-order valence-corrected chi connectivity index (χ0v) is 11.8. The van der Waals surface area contributed by atoms with Crippen molar-refractivity contribution in [2.75, 3.05) is 5.73 Å². The Kier molecular flexibility index (Phi) is 4.19. The first-order valence-electron chi connectivity index (χ1n) is 5.09. The van der Waals surface area contributed by atoms with Crippen molar-refractivity contribution in [3.05, 3.63) is 46.1 Å². The van der Waals surface area contributed by atoms with Crippen LogP contribution in [0.3, 0.4) is 0 Å². The van der Waals surface area contributed by atoms with E-state index in [2.05, 4.69) is 4.98 Å². The molecule has 0 aliphatic heterocycles. The molecule has 0 spiro atoms. The summed E-state index contributed by atoms with van der Waals surface area (Å²) in [6.45, 7) is 0. The summed E-state index contributed by atoms with van der Waals surface area (Å²) in [7, 11) is 0. The molecule has 0 saturated heterocycles. The van der Waals surface area contributed by atoms with Crippen LogP contribution in [0.15, 0.2) is 40.3 Å². The van der Waals surface area contributed by atoms with Gasteiger partial charge >= 0.3 is 5.97 Å². The first-order valence-corrected chi connectivity index (χ1v) is 6.66. The molecule has 2 aromatic rings. The van der Waals surface area contributed by atoms with Crippen molar-refractivity contribution in [1.82, 2.24) is 4.98 Å². The second-order valence-electron chi connectivity index (χ2n) is 3.59. The highest BCUT2D eigenvalue weighted by Gasteiger charge is 2.13. The van der Waals surface area contributed by atoms with Crippen LogP contribution in [0.25, 0.3) is 0 Å². The number of nitrogens with two attached hydrogens (primary N) is 1. The molecule has 0 radical (unpaired) electrons. The Hall–Kier alpha value is -1.43. The molecule has 1 aromatic carbocycles. The number of hydrogen-bond acceptors (Lipinski definition) is 4. The van der Waals surface area contributed by atoms with Crippen molar-refractivity contribution in [3.8, 4) is 0 Å². The quantitative estimate of drug-likeness (QED) is 0.900. The number of hydrogen-bond donors (Lipinski definition) is 2. The third-order valence-corrected chi connectivity index (χ3v) is 4.01. The van der Waals surface area contributed by atoms with Gasteiger partial charge in [-0.15, -0.1) is 0 Å². The predicted octanol–water partition coefficient (Wildman–Crippen LogP) is 3.82. The summed E-state index contributed by atoms with van der Waals surface area (Å²) in [6.07, 6.45) is 1.42. The highest BCUT2D eigenvalue weighted by Crippen LogP contribution is 2.34. The van der Waals surface area contributed by atoms with Crippen LogP contribution >= 0.6 is 35.0 Å². The van der Waals surface area contributed by atoms with Crippen molar-refractivity contribution in [2.45, 2.75) is 9.79 Å². The van der Waals surface area contributed by atoms with Crippen molar-refractivity contribution >= 4 is 46.8 Å². The number of rotatable bonds is 3. The monoisotopic (exact) mass is 314 g/mol. The van der Waals surface area contributed by atoms with E-state index >= 15 is 0 Å². The van der Waals surface area contributed by atoms with Crippen LogP contribution in [0.4, 0.5) is 5.82 Å². The number of nitrogen functional groups attached to an aromatic ring is 1. The highest BCUT2D eigenvalue weighted by molar-refractivity contribution is 7.99. The minimum Gasteiger partial charge on any atom is -0.478 e. The third kappa shape index (κ3) is 3.32. The maximum Gasteiger partial charge on any atom is 0.337 e. The number of carboxylic acid groups (broad SMARTS) is 1. The topological polar surface area (TPSA) is 76.2 Å². The number of benzene rings is 1. The summed E-state index contributed by atoms with van der Waals surface area (Å²) in [5.41, 5.74) is 5.58. The molecule has 19 heavy (non-hydrogen) atoms. The molecule has 0 fully saturated rings. The Morgan fingerprint density at radius 3 is 2.63 bits per heavy atom. The van der Waals surface area contributed by atoms with E-state index in [1.54, 1.807) is 18.2 Å². The minimum absolute atomic E-state index is 0.101. The van der Waals surface area contributed by atoms with Gasteiger partial charge in [0.1, 0.15) is 5.82 Å². The van der Waals surface area contributed by atoms with E-state index in [9.17, 15) is 4.79 Å². The van der Waals surface area contributed by atoms with Crippen LogP contribution in [-0.2, 0) is 0 Å². The van der Waals surface area contributed by atoms with Crippen LogP contribution in [-0.4, -0.2) is 16.1 Å². The molecular formula is C12H8Cl2N2O2S. The van der Waals surface area contributed by atoms with Gasteiger partial charge in [-0.2, -0.15) is 0 Å². The summed E-state index contributed by atoms with van der Waals surface area (Å²) < 4.78 is 0. The smallest absolute Gasteiger partial charge is 0.337 e. The molecule has 0 amide bonds. The van der Waals surface area contributed by atoms with Gasteiger partial charge in [-0.3, -0.25) is 0 Å². The zero-order valence-electron chi connectivity index (χ0n) is 9.43. The molecule has 0 saturated carbocycles. The number of carbonyl (C=O) groups is 1. The van der Waals surface area contributed by atoms with Crippen LogP contribution in [0.2, 0.25) is 10.0 Å². The third-order valence-electron chi connectivity index (χ3n) is 2.24. The number of nitrogens with zero attached hydrogens (tertiary/aromatic N) is 1. The summed E-state index contributed by atoms with van der Waals surface area (Å²) >= 11 is 13.0.